The van der Waals surface area contributed by atoms with Crippen LogP contribution in [0.3, 0.4) is 0 Å². The summed E-state index contributed by atoms with van der Waals surface area (Å²) in [6, 6.07) is 10.2. The van der Waals surface area contributed by atoms with Crippen molar-refractivity contribution in [2.45, 2.75) is 26.2 Å². The predicted molar refractivity (Wildman–Crippen MR) is 96.8 cm³/mol. The summed E-state index contributed by atoms with van der Waals surface area (Å²) in [4.78, 5) is 0. The summed E-state index contributed by atoms with van der Waals surface area (Å²) in [7, 11) is 0. The minimum atomic E-state index is -4.92. The summed E-state index contributed by atoms with van der Waals surface area (Å²) in [6.45, 7) is 3.39. The van der Waals surface area contributed by atoms with E-state index in [0.29, 0.717) is 28.8 Å². The summed E-state index contributed by atoms with van der Waals surface area (Å²) in [5.74, 6) is -0.451. The molecule has 0 spiro atoms. The van der Waals surface area contributed by atoms with E-state index in [9.17, 15) is 30.7 Å². The van der Waals surface area contributed by atoms with Gasteiger partial charge in [0.1, 0.15) is 5.82 Å². The number of hydrogen-bond acceptors (Lipinski definition) is 0. The van der Waals surface area contributed by atoms with E-state index in [2.05, 4.69) is 0 Å². The van der Waals surface area contributed by atoms with Crippen LogP contribution in [0.5, 0.6) is 0 Å². The Morgan fingerprint density at radius 2 is 1.14 bits per heavy atom. The third kappa shape index (κ3) is 4.28. The molecule has 0 N–H and O–H groups in total. The topological polar surface area (TPSA) is 0 Å². The van der Waals surface area contributed by atoms with E-state index in [1.54, 1.807) is 19.9 Å². The van der Waals surface area contributed by atoms with Crippen LogP contribution in [0.1, 0.15) is 22.3 Å². The van der Waals surface area contributed by atoms with Crippen molar-refractivity contribution < 1.29 is 30.7 Å². The zero-order valence-electron chi connectivity index (χ0n) is 15.3. The molecule has 3 aromatic rings. The van der Waals surface area contributed by atoms with Crippen LogP contribution in [0.25, 0.3) is 22.3 Å². The molecule has 29 heavy (non-hydrogen) atoms. The van der Waals surface area contributed by atoms with Crippen LogP contribution in [0.2, 0.25) is 0 Å². The zero-order valence-corrected chi connectivity index (χ0v) is 15.3. The maximum atomic E-state index is 13.2. The SMILES string of the molecule is Cc1ccc(-c2cc(C(F)(F)F)cc(C(F)(F)F)c2)c(C)c1-c1ccc(F)cc1. The monoisotopic (exact) mass is 412 g/mol. The summed E-state index contributed by atoms with van der Waals surface area (Å²) in [5.41, 5.74) is -0.166. The minimum Gasteiger partial charge on any atom is -0.207 e. The van der Waals surface area contributed by atoms with Crippen LogP contribution in [-0.4, -0.2) is 0 Å². The lowest BCUT2D eigenvalue weighted by Gasteiger charge is -2.18. The smallest absolute Gasteiger partial charge is 0.207 e. The molecular weight excluding hydrogens is 397 g/mol. The quantitative estimate of drug-likeness (QED) is 0.377. The van der Waals surface area contributed by atoms with Crippen molar-refractivity contribution in [2.24, 2.45) is 0 Å². The van der Waals surface area contributed by atoms with Gasteiger partial charge in [0.15, 0.2) is 0 Å². The fourth-order valence-electron chi connectivity index (χ4n) is 3.33. The maximum absolute atomic E-state index is 13.2. The third-order valence-electron chi connectivity index (χ3n) is 4.70. The number of aryl methyl sites for hydroxylation is 1. The molecule has 0 saturated heterocycles. The molecule has 0 nitrogen and oxygen atoms in total. The van der Waals surface area contributed by atoms with Gasteiger partial charge in [-0.25, -0.2) is 4.39 Å². The van der Waals surface area contributed by atoms with Crippen molar-refractivity contribution in [3.63, 3.8) is 0 Å². The third-order valence-corrected chi connectivity index (χ3v) is 4.70. The van der Waals surface area contributed by atoms with Crippen molar-refractivity contribution in [1.82, 2.24) is 0 Å². The van der Waals surface area contributed by atoms with E-state index in [1.807, 2.05) is 0 Å². The fourth-order valence-corrected chi connectivity index (χ4v) is 3.33. The van der Waals surface area contributed by atoms with Gasteiger partial charge in [-0.15, -0.1) is 0 Å². The van der Waals surface area contributed by atoms with Gasteiger partial charge in [-0.3, -0.25) is 0 Å². The second-order valence-corrected chi connectivity index (χ2v) is 6.73. The van der Waals surface area contributed by atoms with Crippen molar-refractivity contribution in [3.8, 4) is 22.3 Å². The second kappa shape index (κ2) is 7.21. The highest BCUT2D eigenvalue weighted by atomic mass is 19.4. The molecule has 0 unspecified atom stereocenters. The number of halogens is 7. The highest BCUT2D eigenvalue weighted by Crippen LogP contribution is 2.41. The Kier molecular flexibility index (Phi) is 5.19. The van der Waals surface area contributed by atoms with Gasteiger partial charge in [-0.1, -0.05) is 24.3 Å². The molecule has 0 radical (unpaired) electrons. The molecule has 0 heterocycles. The summed E-state index contributed by atoms with van der Waals surface area (Å²) < 4.78 is 92.4. The molecule has 0 bridgehead atoms. The summed E-state index contributed by atoms with van der Waals surface area (Å²) in [6.07, 6.45) is -9.84. The maximum Gasteiger partial charge on any atom is 0.416 e. The summed E-state index contributed by atoms with van der Waals surface area (Å²) >= 11 is 0. The van der Waals surface area contributed by atoms with E-state index in [0.717, 1.165) is 5.56 Å². The first-order valence-corrected chi connectivity index (χ1v) is 8.54. The Morgan fingerprint density at radius 1 is 0.621 bits per heavy atom. The lowest BCUT2D eigenvalue weighted by Crippen LogP contribution is -2.11. The van der Waals surface area contributed by atoms with E-state index in [4.69, 9.17) is 0 Å². The first kappa shape index (κ1) is 20.9. The van der Waals surface area contributed by atoms with Crippen LogP contribution in [0.4, 0.5) is 30.7 Å². The average Bonchev–Trinajstić information content (AvgIpc) is 2.61. The average molecular weight is 412 g/mol. The fraction of sp³-hybridized carbons (Fsp3) is 0.182. The Balaban J connectivity index is 2.26. The highest BCUT2D eigenvalue weighted by molar-refractivity contribution is 5.81. The number of alkyl halides is 6. The van der Waals surface area contributed by atoms with Crippen LogP contribution < -0.4 is 0 Å². The molecule has 0 amide bonds. The standard InChI is InChI=1S/C22H15F7/c1-12-3-8-19(13(2)20(12)14-4-6-18(23)7-5-14)15-9-16(21(24,25)26)11-17(10-15)22(27,28)29/h3-11H,1-2H3. The number of benzene rings is 3. The molecule has 3 rings (SSSR count). The molecule has 0 aliphatic carbocycles. The number of hydrogen-bond donors (Lipinski definition) is 0. The second-order valence-electron chi connectivity index (χ2n) is 6.73. The van der Waals surface area contributed by atoms with Crippen molar-refractivity contribution >= 4 is 0 Å². The Morgan fingerprint density at radius 3 is 1.62 bits per heavy atom. The number of rotatable bonds is 2. The Hall–Kier alpha value is -2.83. The van der Waals surface area contributed by atoms with E-state index in [-0.39, 0.29) is 17.2 Å². The molecule has 3 aromatic carbocycles. The largest absolute Gasteiger partial charge is 0.416 e. The lowest BCUT2D eigenvalue weighted by molar-refractivity contribution is -0.143. The molecule has 0 atom stereocenters. The molecular formula is C22H15F7. The Bertz CT molecular complexity index is 1010. The van der Waals surface area contributed by atoms with Gasteiger partial charge in [0.05, 0.1) is 11.1 Å². The van der Waals surface area contributed by atoms with Crippen molar-refractivity contribution in [1.29, 1.82) is 0 Å². The van der Waals surface area contributed by atoms with Crippen LogP contribution in [0, 0.1) is 19.7 Å². The summed E-state index contributed by atoms with van der Waals surface area (Å²) in [5, 5.41) is 0. The molecule has 0 saturated carbocycles. The van der Waals surface area contributed by atoms with Gasteiger partial charge in [0.2, 0.25) is 0 Å². The van der Waals surface area contributed by atoms with E-state index >= 15 is 0 Å². The van der Waals surface area contributed by atoms with Gasteiger partial charge in [-0.2, -0.15) is 26.3 Å². The minimum absolute atomic E-state index is 0.105. The van der Waals surface area contributed by atoms with E-state index in [1.165, 1.54) is 30.3 Å². The molecule has 0 fully saturated rings. The van der Waals surface area contributed by atoms with Crippen molar-refractivity contribution in [2.75, 3.05) is 0 Å². The lowest BCUT2D eigenvalue weighted by atomic mass is 9.88. The van der Waals surface area contributed by atoms with Gasteiger partial charge < -0.3 is 0 Å². The van der Waals surface area contributed by atoms with Crippen LogP contribution in [0.15, 0.2) is 54.6 Å². The van der Waals surface area contributed by atoms with Crippen LogP contribution in [-0.2, 0) is 12.4 Å². The molecule has 7 heteroatoms. The zero-order chi connectivity index (χ0) is 21.6. The molecule has 0 aliphatic rings. The Labute approximate surface area is 162 Å². The predicted octanol–water partition coefficient (Wildman–Crippen LogP) is 7.81. The molecule has 0 aromatic heterocycles. The molecule has 152 valence electrons. The van der Waals surface area contributed by atoms with Gasteiger partial charge in [0, 0.05) is 0 Å². The highest BCUT2D eigenvalue weighted by Gasteiger charge is 2.37. The van der Waals surface area contributed by atoms with E-state index < -0.39 is 29.3 Å². The first-order chi connectivity index (χ1) is 13.4. The molecule has 0 aliphatic heterocycles. The first-order valence-electron chi connectivity index (χ1n) is 8.54. The van der Waals surface area contributed by atoms with Crippen molar-refractivity contribution in [3.05, 3.63) is 82.7 Å². The van der Waals surface area contributed by atoms with Gasteiger partial charge in [0.25, 0.3) is 0 Å². The van der Waals surface area contributed by atoms with Crippen LogP contribution >= 0.6 is 0 Å². The van der Waals surface area contributed by atoms with Gasteiger partial charge in [-0.05, 0) is 77.6 Å². The normalized spacial score (nSPS) is 12.3. The van der Waals surface area contributed by atoms with Gasteiger partial charge >= 0.3 is 12.4 Å².